The van der Waals surface area contributed by atoms with Crippen molar-refractivity contribution in [1.29, 1.82) is 0 Å². The monoisotopic (exact) mass is 796 g/mol. The molecule has 320 valence electrons. The summed E-state index contributed by atoms with van der Waals surface area (Å²) in [5.74, 6) is -0.556. The van der Waals surface area contributed by atoms with Crippen molar-refractivity contribution in [2.24, 2.45) is 0 Å². The van der Waals surface area contributed by atoms with Gasteiger partial charge in [-0.1, -0.05) is 178 Å². The number of ether oxygens (including phenoxy) is 1. The van der Waals surface area contributed by atoms with E-state index in [0.29, 0.717) is 12.8 Å². The molecule has 0 aromatic heterocycles. The summed E-state index contributed by atoms with van der Waals surface area (Å²) in [5, 5.41) is 12.7. The quantitative estimate of drug-likeness (QED) is 0.0241. The van der Waals surface area contributed by atoms with Crippen LogP contribution in [0.2, 0.25) is 0 Å². The van der Waals surface area contributed by atoms with E-state index in [1.807, 2.05) is 0 Å². The van der Waals surface area contributed by atoms with Crippen molar-refractivity contribution >= 4 is 19.7 Å². The van der Waals surface area contributed by atoms with E-state index in [1.54, 1.807) is 0 Å². The van der Waals surface area contributed by atoms with Crippen LogP contribution in [0.3, 0.4) is 0 Å². The Bertz CT molecular complexity index is 1040. The minimum absolute atomic E-state index is 0.0777. The Hall–Kier alpha value is -2.03. The second-order valence-corrected chi connectivity index (χ2v) is 16.1. The number of phosphoric ester groups is 1. The molecule has 9 nitrogen and oxygen atoms in total. The summed E-state index contributed by atoms with van der Waals surface area (Å²) < 4.78 is 26.8. The Balaban J connectivity index is 3.61. The highest BCUT2D eigenvalue weighted by Crippen LogP contribution is 2.42. The highest BCUT2D eigenvalue weighted by atomic mass is 31.2. The summed E-state index contributed by atoms with van der Waals surface area (Å²) in [6.45, 7) is 3.40. The van der Waals surface area contributed by atoms with E-state index < -0.39 is 26.5 Å². The van der Waals surface area contributed by atoms with Gasteiger partial charge in [0.2, 0.25) is 5.91 Å². The molecule has 0 radical (unpaired) electrons. The van der Waals surface area contributed by atoms with E-state index in [0.717, 1.165) is 57.8 Å². The standard InChI is InChI=1S/C45H82NO8P/c1-3-5-7-9-11-13-15-17-19-20-21-22-24-25-27-29-31-33-35-37-44(48)46-39-40-53-55(50,51)54-42-43(47)41-52-45(49)38-36-34-32-30-28-26-23-18-16-14-12-10-8-6-4-2/h6,8,12,14,18,23,28,30,43,47H,3-5,7,9-11,13,15-17,19-22,24-27,29,31-42H2,1-2H3,(H,46,48)(H,50,51)/b8-6-,14-12-,23-18-,30-28-. The minimum Gasteiger partial charge on any atom is -0.463 e. The molecule has 0 spiro atoms. The van der Waals surface area contributed by atoms with Gasteiger partial charge in [0.15, 0.2) is 0 Å². The molecular weight excluding hydrogens is 713 g/mol. The fourth-order valence-corrected chi connectivity index (χ4v) is 6.72. The van der Waals surface area contributed by atoms with Crippen molar-refractivity contribution in [3.05, 3.63) is 48.6 Å². The van der Waals surface area contributed by atoms with Crippen LogP contribution >= 0.6 is 7.82 Å². The Morgan fingerprint density at radius 2 is 1.04 bits per heavy atom. The first kappa shape index (κ1) is 53.0. The molecule has 0 fully saturated rings. The van der Waals surface area contributed by atoms with Gasteiger partial charge in [0, 0.05) is 19.4 Å². The number of unbranched alkanes of at least 4 members (excludes halogenated alkanes) is 20. The maximum atomic E-state index is 12.1. The molecule has 0 bridgehead atoms. The Kier molecular flexibility index (Phi) is 40.1. The van der Waals surface area contributed by atoms with Crippen molar-refractivity contribution in [2.45, 2.75) is 200 Å². The van der Waals surface area contributed by atoms with Gasteiger partial charge in [0.25, 0.3) is 0 Å². The number of aliphatic hydroxyl groups excluding tert-OH is 1. The predicted octanol–water partition coefficient (Wildman–Crippen LogP) is 12.3. The molecule has 0 rings (SSSR count). The summed E-state index contributed by atoms with van der Waals surface area (Å²) in [7, 11) is -4.43. The van der Waals surface area contributed by atoms with Gasteiger partial charge in [-0.2, -0.15) is 0 Å². The van der Waals surface area contributed by atoms with Crippen LogP contribution in [-0.2, 0) is 27.9 Å². The lowest BCUT2D eigenvalue weighted by atomic mass is 10.0. The molecule has 0 heterocycles. The molecule has 0 aromatic carbocycles. The fraction of sp³-hybridized carbons (Fsp3) is 0.778. The molecule has 0 aliphatic carbocycles. The number of esters is 1. The number of hydrogen-bond donors (Lipinski definition) is 3. The Morgan fingerprint density at radius 1 is 0.582 bits per heavy atom. The van der Waals surface area contributed by atoms with Gasteiger partial charge in [0.1, 0.15) is 12.7 Å². The summed E-state index contributed by atoms with van der Waals surface area (Å²) in [4.78, 5) is 33.9. The van der Waals surface area contributed by atoms with Crippen molar-refractivity contribution in [3.63, 3.8) is 0 Å². The van der Waals surface area contributed by atoms with Crippen LogP contribution in [0.4, 0.5) is 0 Å². The maximum Gasteiger partial charge on any atom is 0.472 e. The fourth-order valence-electron chi connectivity index (χ4n) is 5.96. The molecule has 0 saturated carbocycles. The molecule has 55 heavy (non-hydrogen) atoms. The molecule has 0 aliphatic heterocycles. The molecule has 0 aromatic rings. The predicted molar refractivity (Wildman–Crippen MR) is 229 cm³/mol. The van der Waals surface area contributed by atoms with Crippen LogP contribution in [0, 0.1) is 0 Å². The Labute approximate surface area is 336 Å². The van der Waals surface area contributed by atoms with Crippen molar-refractivity contribution < 1.29 is 37.9 Å². The van der Waals surface area contributed by atoms with E-state index in [-0.39, 0.29) is 32.1 Å². The van der Waals surface area contributed by atoms with Crippen LogP contribution in [0.5, 0.6) is 0 Å². The lowest BCUT2D eigenvalue weighted by Crippen LogP contribution is -2.27. The van der Waals surface area contributed by atoms with Crippen LogP contribution in [-0.4, -0.2) is 54.3 Å². The number of hydrogen-bond acceptors (Lipinski definition) is 7. The van der Waals surface area contributed by atoms with Gasteiger partial charge in [-0.15, -0.1) is 0 Å². The molecule has 2 atom stereocenters. The zero-order valence-electron chi connectivity index (χ0n) is 35.1. The smallest absolute Gasteiger partial charge is 0.463 e. The number of aliphatic hydroxyl groups is 1. The summed E-state index contributed by atoms with van der Waals surface area (Å²) in [5.41, 5.74) is 0. The average molecular weight is 796 g/mol. The highest BCUT2D eigenvalue weighted by Gasteiger charge is 2.23. The molecule has 3 N–H and O–H groups in total. The second kappa shape index (κ2) is 41.6. The van der Waals surface area contributed by atoms with Crippen LogP contribution in [0.25, 0.3) is 0 Å². The number of carbonyl (C=O) groups is 2. The highest BCUT2D eigenvalue weighted by molar-refractivity contribution is 7.47. The number of nitrogens with one attached hydrogen (secondary N) is 1. The zero-order valence-corrected chi connectivity index (χ0v) is 36.0. The van der Waals surface area contributed by atoms with E-state index in [9.17, 15) is 24.2 Å². The van der Waals surface area contributed by atoms with Crippen LogP contribution in [0.15, 0.2) is 48.6 Å². The SMILES string of the molecule is CC/C=C\C/C=C\C/C=C\C/C=C\CCCCC(=O)OCC(O)COP(=O)(O)OCCNC(=O)CCCCCCCCCCCCCCCCCCCCC. The van der Waals surface area contributed by atoms with Gasteiger partial charge in [-0.05, 0) is 51.4 Å². The number of amides is 1. The van der Waals surface area contributed by atoms with Gasteiger partial charge >= 0.3 is 13.8 Å². The van der Waals surface area contributed by atoms with Gasteiger partial charge in [0.05, 0.1) is 13.2 Å². The van der Waals surface area contributed by atoms with Gasteiger partial charge in [-0.3, -0.25) is 18.6 Å². The zero-order chi connectivity index (χ0) is 40.3. The topological polar surface area (TPSA) is 131 Å². The van der Waals surface area contributed by atoms with Crippen molar-refractivity contribution in [3.8, 4) is 0 Å². The van der Waals surface area contributed by atoms with Crippen molar-refractivity contribution in [2.75, 3.05) is 26.4 Å². The molecular formula is C45H82NO8P. The second-order valence-electron chi connectivity index (χ2n) is 14.6. The van der Waals surface area contributed by atoms with Crippen LogP contribution < -0.4 is 5.32 Å². The average Bonchev–Trinajstić information content (AvgIpc) is 3.17. The molecule has 2 unspecified atom stereocenters. The maximum absolute atomic E-state index is 12.1. The molecule has 0 aliphatic rings. The van der Waals surface area contributed by atoms with Gasteiger partial charge < -0.3 is 20.1 Å². The molecule has 0 saturated heterocycles. The third kappa shape index (κ3) is 42.9. The number of phosphoric acid groups is 1. The third-order valence-corrected chi connectivity index (χ3v) is 10.3. The van der Waals surface area contributed by atoms with Crippen LogP contribution in [0.1, 0.15) is 194 Å². The van der Waals surface area contributed by atoms with E-state index in [4.69, 9.17) is 13.8 Å². The van der Waals surface area contributed by atoms with E-state index in [2.05, 4.69) is 67.8 Å². The third-order valence-electron chi connectivity index (χ3n) is 9.27. The first-order valence-electron chi connectivity index (χ1n) is 22.1. The van der Waals surface area contributed by atoms with E-state index >= 15 is 0 Å². The summed E-state index contributed by atoms with van der Waals surface area (Å²) >= 11 is 0. The van der Waals surface area contributed by atoms with Gasteiger partial charge in [-0.25, -0.2) is 4.57 Å². The molecule has 1 amide bonds. The first-order valence-corrected chi connectivity index (χ1v) is 23.6. The summed E-state index contributed by atoms with van der Waals surface area (Å²) in [6, 6.07) is 0. The van der Waals surface area contributed by atoms with E-state index in [1.165, 1.54) is 103 Å². The van der Waals surface area contributed by atoms with Crippen molar-refractivity contribution in [1.82, 2.24) is 5.32 Å². The lowest BCUT2D eigenvalue weighted by molar-refractivity contribution is -0.147. The first-order chi connectivity index (χ1) is 26.8. The molecule has 10 heteroatoms. The number of allylic oxidation sites excluding steroid dienone is 8. The normalized spacial score (nSPS) is 13.7. The number of carbonyl (C=O) groups excluding carboxylic acids is 2. The summed E-state index contributed by atoms with van der Waals surface area (Å²) in [6.07, 6.45) is 47.6. The Morgan fingerprint density at radius 3 is 1.55 bits per heavy atom. The number of rotatable bonds is 41. The lowest BCUT2D eigenvalue weighted by Gasteiger charge is -2.15. The largest absolute Gasteiger partial charge is 0.472 e. The minimum atomic E-state index is -4.43.